The molecule has 6 nitrogen and oxygen atoms in total. The highest BCUT2D eigenvalue weighted by atomic mass is 16.5. The van der Waals surface area contributed by atoms with Crippen LogP contribution in [-0.2, 0) is 14.3 Å². The first-order chi connectivity index (χ1) is 11.1. The number of rotatable bonds is 4. The smallest absolute Gasteiger partial charge is 0.340 e. The minimum atomic E-state index is -0.771. The number of hydrogen-bond donors (Lipinski definition) is 2. The molecule has 1 saturated carbocycles. The van der Waals surface area contributed by atoms with Gasteiger partial charge in [0.25, 0.3) is 0 Å². The van der Waals surface area contributed by atoms with Gasteiger partial charge in [-0.1, -0.05) is 31.4 Å². The molecule has 23 heavy (non-hydrogen) atoms. The molecule has 2 rings (SSSR count). The summed E-state index contributed by atoms with van der Waals surface area (Å²) in [5, 5.41) is 5.23. The monoisotopic (exact) mass is 318 g/mol. The van der Waals surface area contributed by atoms with E-state index in [1.165, 1.54) is 6.42 Å². The van der Waals surface area contributed by atoms with Gasteiger partial charge in [-0.05, 0) is 31.9 Å². The van der Waals surface area contributed by atoms with Crippen LogP contribution < -0.4 is 10.6 Å². The first-order valence-corrected chi connectivity index (χ1v) is 7.99. The number of esters is 1. The molecule has 0 radical (unpaired) electrons. The van der Waals surface area contributed by atoms with E-state index < -0.39 is 17.8 Å². The van der Waals surface area contributed by atoms with E-state index in [0.717, 1.165) is 25.7 Å². The Morgan fingerprint density at radius 1 is 1.09 bits per heavy atom. The van der Waals surface area contributed by atoms with Gasteiger partial charge in [-0.2, -0.15) is 0 Å². The quantitative estimate of drug-likeness (QED) is 0.659. The van der Waals surface area contributed by atoms with E-state index in [4.69, 9.17) is 4.74 Å². The lowest BCUT2D eigenvalue weighted by Gasteiger charge is -2.22. The van der Waals surface area contributed by atoms with E-state index in [0.29, 0.717) is 0 Å². The molecule has 0 unspecified atom stereocenters. The number of nitrogens with one attached hydrogen (secondary N) is 2. The molecular weight excluding hydrogens is 296 g/mol. The number of carbonyl (C=O) groups excluding carboxylic acids is 3. The highest BCUT2D eigenvalue weighted by Gasteiger charge is 2.22. The molecule has 2 amide bonds. The molecule has 2 N–H and O–H groups in total. The first kappa shape index (κ1) is 17.0. The fourth-order valence-electron chi connectivity index (χ4n) is 2.66. The van der Waals surface area contributed by atoms with Gasteiger partial charge in [-0.25, -0.2) is 4.79 Å². The predicted octanol–water partition coefficient (Wildman–Crippen LogP) is 2.25. The second kappa shape index (κ2) is 8.31. The summed E-state index contributed by atoms with van der Waals surface area (Å²) in [5.74, 6) is -1.97. The van der Waals surface area contributed by atoms with Crippen molar-refractivity contribution in [3.05, 3.63) is 29.8 Å². The summed E-state index contributed by atoms with van der Waals surface area (Å²) < 4.78 is 4.94. The summed E-state index contributed by atoms with van der Waals surface area (Å²) in [7, 11) is 0. The van der Waals surface area contributed by atoms with Crippen LogP contribution in [0.4, 0.5) is 5.69 Å². The van der Waals surface area contributed by atoms with Crippen LogP contribution in [0.25, 0.3) is 0 Å². The molecule has 1 aromatic rings. The van der Waals surface area contributed by atoms with Crippen LogP contribution in [-0.4, -0.2) is 30.4 Å². The summed E-state index contributed by atoms with van der Waals surface area (Å²) in [5.41, 5.74) is 0.503. The van der Waals surface area contributed by atoms with Crippen molar-refractivity contribution >= 4 is 23.5 Å². The molecule has 0 heterocycles. The SMILES string of the molecule is CCOC(=O)c1ccccc1NC(=O)C(=O)NC1CCCCC1. The van der Waals surface area contributed by atoms with Crippen LogP contribution in [0.2, 0.25) is 0 Å². The van der Waals surface area contributed by atoms with Crippen molar-refractivity contribution in [2.45, 2.75) is 45.1 Å². The van der Waals surface area contributed by atoms with Crippen LogP contribution in [0, 0.1) is 0 Å². The maximum atomic E-state index is 12.0. The van der Waals surface area contributed by atoms with E-state index in [1.54, 1.807) is 31.2 Å². The Hall–Kier alpha value is -2.37. The highest BCUT2D eigenvalue weighted by Crippen LogP contribution is 2.18. The van der Waals surface area contributed by atoms with Crippen LogP contribution >= 0.6 is 0 Å². The van der Waals surface area contributed by atoms with Gasteiger partial charge in [0.05, 0.1) is 17.9 Å². The summed E-state index contributed by atoms with van der Waals surface area (Å²) in [6.45, 7) is 1.94. The van der Waals surface area contributed by atoms with Crippen molar-refractivity contribution in [3.63, 3.8) is 0 Å². The Balaban J connectivity index is 1.99. The maximum absolute atomic E-state index is 12.0. The molecule has 0 bridgehead atoms. The van der Waals surface area contributed by atoms with Crippen LogP contribution in [0.1, 0.15) is 49.4 Å². The fourth-order valence-corrected chi connectivity index (χ4v) is 2.66. The Morgan fingerprint density at radius 3 is 2.48 bits per heavy atom. The van der Waals surface area contributed by atoms with E-state index in [-0.39, 0.29) is 23.9 Å². The van der Waals surface area contributed by atoms with Gasteiger partial charge in [0.2, 0.25) is 0 Å². The standard InChI is InChI=1S/C17H22N2O4/c1-2-23-17(22)13-10-6-7-11-14(13)19-16(21)15(20)18-12-8-4-3-5-9-12/h6-7,10-12H,2-5,8-9H2,1H3,(H,18,20)(H,19,21). The maximum Gasteiger partial charge on any atom is 0.340 e. The Kier molecular flexibility index (Phi) is 6.14. The molecule has 0 saturated heterocycles. The van der Waals surface area contributed by atoms with Gasteiger partial charge >= 0.3 is 17.8 Å². The lowest BCUT2D eigenvalue weighted by molar-refractivity contribution is -0.136. The normalized spacial score (nSPS) is 14.8. The third-order valence-corrected chi connectivity index (χ3v) is 3.82. The van der Waals surface area contributed by atoms with Crippen molar-refractivity contribution < 1.29 is 19.1 Å². The van der Waals surface area contributed by atoms with Crippen LogP contribution in [0.15, 0.2) is 24.3 Å². The summed E-state index contributed by atoms with van der Waals surface area (Å²) in [4.78, 5) is 35.9. The van der Waals surface area contributed by atoms with E-state index >= 15 is 0 Å². The first-order valence-electron chi connectivity index (χ1n) is 7.99. The molecule has 124 valence electrons. The topological polar surface area (TPSA) is 84.5 Å². The Morgan fingerprint density at radius 2 is 1.78 bits per heavy atom. The van der Waals surface area contributed by atoms with Crippen molar-refractivity contribution in [3.8, 4) is 0 Å². The summed E-state index contributed by atoms with van der Waals surface area (Å²) >= 11 is 0. The second-order valence-corrected chi connectivity index (χ2v) is 5.53. The molecule has 0 aromatic heterocycles. The van der Waals surface area contributed by atoms with Gasteiger partial charge < -0.3 is 15.4 Å². The van der Waals surface area contributed by atoms with E-state index in [9.17, 15) is 14.4 Å². The van der Waals surface area contributed by atoms with Gasteiger partial charge in [0, 0.05) is 6.04 Å². The number of ether oxygens (including phenoxy) is 1. The zero-order valence-corrected chi connectivity index (χ0v) is 13.3. The molecule has 6 heteroatoms. The molecule has 0 aliphatic heterocycles. The fraction of sp³-hybridized carbons (Fsp3) is 0.471. The second-order valence-electron chi connectivity index (χ2n) is 5.53. The summed E-state index contributed by atoms with van der Waals surface area (Å²) in [6.07, 6.45) is 5.11. The third-order valence-electron chi connectivity index (χ3n) is 3.82. The lowest BCUT2D eigenvalue weighted by Crippen LogP contribution is -2.42. The average molecular weight is 318 g/mol. The molecule has 1 fully saturated rings. The van der Waals surface area contributed by atoms with Crippen molar-refractivity contribution in [1.29, 1.82) is 0 Å². The van der Waals surface area contributed by atoms with Crippen molar-refractivity contribution in [2.75, 3.05) is 11.9 Å². The largest absolute Gasteiger partial charge is 0.462 e. The Bertz CT molecular complexity index is 580. The molecule has 1 aliphatic carbocycles. The number of benzene rings is 1. The van der Waals surface area contributed by atoms with Crippen molar-refractivity contribution in [2.24, 2.45) is 0 Å². The number of anilines is 1. The lowest BCUT2D eigenvalue weighted by atomic mass is 9.95. The Labute approximate surface area is 135 Å². The molecule has 0 atom stereocenters. The minimum absolute atomic E-state index is 0.0577. The number of amides is 2. The molecular formula is C17H22N2O4. The van der Waals surface area contributed by atoms with Gasteiger partial charge in [0.1, 0.15) is 0 Å². The van der Waals surface area contributed by atoms with E-state index in [2.05, 4.69) is 10.6 Å². The van der Waals surface area contributed by atoms with Crippen LogP contribution in [0.3, 0.4) is 0 Å². The van der Waals surface area contributed by atoms with Gasteiger partial charge in [-0.15, -0.1) is 0 Å². The number of hydrogen-bond acceptors (Lipinski definition) is 4. The molecule has 1 aliphatic rings. The number of para-hydroxylation sites is 1. The van der Waals surface area contributed by atoms with Crippen molar-refractivity contribution in [1.82, 2.24) is 5.32 Å². The van der Waals surface area contributed by atoms with Gasteiger partial charge in [0.15, 0.2) is 0 Å². The minimum Gasteiger partial charge on any atom is -0.462 e. The molecule has 0 spiro atoms. The number of carbonyl (C=O) groups is 3. The zero-order chi connectivity index (χ0) is 16.7. The van der Waals surface area contributed by atoms with Gasteiger partial charge in [-0.3, -0.25) is 9.59 Å². The van der Waals surface area contributed by atoms with E-state index in [1.807, 2.05) is 0 Å². The van der Waals surface area contributed by atoms with Crippen LogP contribution in [0.5, 0.6) is 0 Å². The molecule has 1 aromatic carbocycles. The summed E-state index contributed by atoms with van der Waals surface area (Å²) in [6, 6.07) is 6.52. The third kappa shape index (κ3) is 4.81. The zero-order valence-electron chi connectivity index (χ0n) is 13.3. The highest BCUT2D eigenvalue weighted by molar-refractivity contribution is 6.40. The average Bonchev–Trinajstić information content (AvgIpc) is 2.56. The predicted molar refractivity (Wildman–Crippen MR) is 86.0 cm³/mol.